The summed E-state index contributed by atoms with van der Waals surface area (Å²) in [5.74, 6) is 2.22. The smallest absolute Gasteiger partial charge is 0.224 e. The van der Waals surface area contributed by atoms with E-state index in [1.165, 1.54) is 0 Å². The average Bonchev–Trinajstić information content (AvgIpc) is 2.68. The van der Waals surface area contributed by atoms with Crippen LogP contribution in [0.5, 0.6) is 17.4 Å². The van der Waals surface area contributed by atoms with E-state index >= 15 is 0 Å². The Bertz CT molecular complexity index is 951. The standard InChI is InChI=1S/C20H18N4O2/c1-14-9-10-15(12-21)19(24-14)23-13-16-6-5-11-22-20(16)26-18-8-4-3-7-17(18)25-2/h3-11H,13H2,1-2H3,(H,23,24). The number of nitrogens with one attached hydrogen (secondary N) is 1. The van der Waals surface area contributed by atoms with E-state index in [0.717, 1.165) is 11.3 Å². The van der Waals surface area contributed by atoms with Gasteiger partial charge in [0.2, 0.25) is 5.88 Å². The molecule has 0 radical (unpaired) electrons. The molecular weight excluding hydrogens is 328 g/mol. The number of benzene rings is 1. The fraction of sp³-hybridized carbons (Fsp3) is 0.150. The minimum absolute atomic E-state index is 0.420. The van der Waals surface area contributed by atoms with E-state index in [-0.39, 0.29) is 0 Å². The molecule has 0 saturated heterocycles. The maximum atomic E-state index is 9.23. The largest absolute Gasteiger partial charge is 0.493 e. The summed E-state index contributed by atoms with van der Waals surface area (Å²) in [6.45, 7) is 2.30. The molecule has 0 spiro atoms. The lowest BCUT2D eigenvalue weighted by atomic mass is 10.2. The van der Waals surface area contributed by atoms with Crippen LogP contribution in [0.2, 0.25) is 0 Å². The number of aromatic nitrogens is 2. The van der Waals surface area contributed by atoms with Gasteiger partial charge in [0.25, 0.3) is 0 Å². The van der Waals surface area contributed by atoms with Gasteiger partial charge in [-0.1, -0.05) is 18.2 Å². The number of anilines is 1. The summed E-state index contributed by atoms with van der Waals surface area (Å²) in [4.78, 5) is 8.70. The topological polar surface area (TPSA) is 80.1 Å². The lowest BCUT2D eigenvalue weighted by Gasteiger charge is -2.13. The number of ether oxygens (including phenoxy) is 2. The third kappa shape index (κ3) is 3.90. The summed E-state index contributed by atoms with van der Waals surface area (Å²) in [5, 5.41) is 12.4. The van der Waals surface area contributed by atoms with Gasteiger partial charge in [0.15, 0.2) is 11.5 Å². The van der Waals surface area contributed by atoms with Gasteiger partial charge in [-0.3, -0.25) is 0 Å². The van der Waals surface area contributed by atoms with Gasteiger partial charge < -0.3 is 14.8 Å². The van der Waals surface area contributed by atoms with Crippen LogP contribution in [0.4, 0.5) is 5.82 Å². The van der Waals surface area contributed by atoms with Gasteiger partial charge in [0, 0.05) is 24.0 Å². The first-order valence-corrected chi connectivity index (χ1v) is 8.07. The van der Waals surface area contributed by atoms with Gasteiger partial charge in [-0.15, -0.1) is 0 Å². The molecule has 0 unspecified atom stereocenters. The molecule has 0 bridgehead atoms. The molecule has 1 aromatic carbocycles. The van der Waals surface area contributed by atoms with Gasteiger partial charge >= 0.3 is 0 Å². The Balaban J connectivity index is 1.82. The molecular formula is C20H18N4O2. The highest BCUT2D eigenvalue weighted by molar-refractivity contribution is 5.53. The molecule has 3 rings (SSSR count). The maximum Gasteiger partial charge on any atom is 0.224 e. The molecule has 0 fully saturated rings. The second-order valence-corrected chi connectivity index (χ2v) is 5.53. The van der Waals surface area contributed by atoms with Crippen LogP contribution < -0.4 is 14.8 Å². The molecule has 6 heteroatoms. The third-order valence-corrected chi connectivity index (χ3v) is 3.73. The number of nitrogens with zero attached hydrogens (tertiary/aromatic N) is 3. The van der Waals surface area contributed by atoms with Crippen LogP contribution in [0, 0.1) is 18.3 Å². The molecule has 2 heterocycles. The summed E-state index contributed by atoms with van der Waals surface area (Å²) in [6.07, 6.45) is 1.67. The normalized spacial score (nSPS) is 10.0. The van der Waals surface area contributed by atoms with E-state index in [4.69, 9.17) is 9.47 Å². The lowest BCUT2D eigenvalue weighted by molar-refractivity contribution is 0.373. The van der Waals surface area contributed by atoms with Gasteiger partial charge in [0.05, 0.1) is 12.7 Å². The maximum absolute atomic E-state index is 9.23. The molecule has 0 aliphatic rings. The molecule has 0 saturated carbocycles. The second kappa shape index (κ2) is 7.99. The quantitative estimate of drug-likeness (QED) is 0.725. The van der Waals surface area contributed by atoms with Crippen LogP contribution >= 0.6 is 0 Å². The van der Waals surface area contributed by atoms with Gasteiger partial charge in [-0.25, -0.2) is 9.97 Å². The highest BCUT2D eigenvalue weighted by atomic mass is 16.5. The Labute approximate surface area is 152 Å². The third-order valence-electron chi connectivity index (χ3n) is 3.73. The summed E-state index contributed by atoms with van der Waals surface area (Å²) < 4.78 is 11.3. The molecule has 6 nitrogen and oxygen atoms in total. The summed E-state index contributed by atoms with van der Waals surface area (Å²) in [5.41, 5.74) is 2.17. The van der Waals surface area contributed by atoms with Crippen molar-refractivity contribution >= 4 is 5.82 Å². The number of nitriles is 1. The first kappa shape index (κ1) is 17.2. The average molecular weight is 346 g/mol. The van der Waals surface area contributed by atoms with Crippen molar-refractivity contribution in [1.29, 1.82) is 5.26 Å². The zero-order valence-electron chi connectivity index (χ0n) is 14.6. The summed E-state index contributed by atoms with van der Waals surface area (Å²) in [6, 6.07) is 16.8. The van der Waals surface area contributed by atoms with Crippen molar-refractivity contribution in [2.45, 2.75) is 13.5 Å². The second-order valence-electron chi connectivity index (χ2n) is 5.53. The molecule has 3 aromatic rings. The number of rotatable bonds is 6. The van der Waals surface area contributed by atoms with Crippen LogP contribution in [0.15, 0.2) is 54.7 Å². The minimum Gasteiger partial charge on any atom is -0.493 e. The van der Waals surface area contributed by atoms with Gasteiger partial charge in [0.1, 0.15) is 11.9 Å². The molecule has 0 amide bonds. The summed E-state index contributed by atoms with van der Waals surface area (Å²) >= 11 is 0. The van der Waals surface area contributed by atoms with Crippen molar-refractivity contribution in [1.82, 2.24) is 9.97 Å². The van der Waals surface area contributed by atoms with E-state index in [0.29, 0.717) is 35.3 Å². The van der Waals surface area contributed by atoms with Gasteiger partial charge in [-0.05, 0) is 37.3 Å². The van der Waals surface area contributed by atoms with Crippen LogP contribution in [-0.4, -0.2) is 17.1 Å². The molecule has 0 aliphatic carbocycles. The van der Waals surface area contributed by atoms with Crippen LogP contribution in [0.1, 0.15) is 16.8 Å². The first-order chi connectivity index (χ1) is 12.7. The monoisotopic (exact) mass is 346 g/mol. The SMILES string of the molecule is COc1ccccc1Oc1ncccc1CNc1nc(C)ccc1C#N. The minimum atomic E-state index is 0.420. The molecule has 0 aliphatic heterocycles. The number of hydrogen-bond donors (Lipinski definition) is 1. The Morgan fingerprint density at radius 3 is 2.65 bits per heavy atom. The molecule has 130 valence electrons. The number of methoxy groups -OCH3 is 1. The highest BCUT2D eigenvalue weighted by Crippen LogP contribution is 2.31. The Morgan fingerprint density at radius 1 is 1.08 bits per heavy atom. The van der Waals surface area contributed by atoms with E-state index in [1.54, 1.807) is 19.4 Å². The molecule has 0 atom stereocenters. The van der Waals surface area contributed by atoms with Crippen molar-refractivity contribution in [2.75, 3.05) is 12.4 Å². The van der Waals surface area contributed by atoms with E-state index in [1.807, 2.05) is 49.4 Å². The number of para-hydroxylation sites is 2. The van der Waals surface area contributed by atoms with Crippen LogP contribution in [-0.2, 0) is 6.54 Å². The lowest BCUT2D eigenvalue weighted by Crippen LogP contribution is -2.06. The summed E-state index contributed by atoms with van der Waals surface area (Å²) in [7, 11) is 1.59. The predicted molar refractivity (Wildman–Crippen MR) is 98.3 cm³/mol. The van der Waals surface area contributed by atoms with Crippen molar-refractivity contribution < 1.29 is 9.47 Å². The fourth-order valence-electron chi connectivity index (χ4n) is 2.42. The Hall–Kier alpha value is -3.59. The van der Waals surface area contributed by atoms with Crippen molar-refractivity contribution in [3.8, 4) is 23.4 Å². The number of aryl methyl sites for hydroxylation is 1. The van der Waals surface area contributed by atoms with Crippen molar-refractivity contribution in [2.24, 2.45) is 0 Å². The molecule has 2 aromatic heterocycles. The highest BCUT2D eigenvalue weighted by Gasteiger charge is 2.11. The fourth-order valence-corrected chi connectivity index (χ4v) is 2.42. The van der Waals surface area contributed by atoms with Crippen LogP contribution in [0.3, 0.4) is 0 Å². The first-order valence-electron chi connectivity index (χ1n) is 8.07. The molecule has 26 heavy (non-hydrogen) atoms. The van der Waals surface area contributed by atoms with Crippen molar-refractivity contribution in [3.63, 3.8) is 0 Å². The Kier molecular flexibility index (Phi) is 5.30. The van der Waals surface area contributed by atoms with Gasteiger partial charge in [-0.2, -0.15) is 5.26 Å². The van der Waals surface area contributed by atoms with Crippen molar-refractivity contribution in [3.05, 3.63) is 71.5 Å². The Morgan fingerprint density at radius 2 is 1.88 bits per heavy atom. The number of pyridine rings is 2. The van der Waals surface area contributed by atoms with Crippen LogP contribution in [0.25, 0.3) is 0 Å². The predicted octanol–water partition coefficient (Wildman–Crippen LogP) is 4.07. The number of hydrogen-bond acceptors (Lipinski definition) is 6. The van der Waals surface area contributed by atoms with E-state index < -0.39 is 0 Å². The van der Waals surface area contributed by atoms with E-state index in [2.05, 4.69) is 21.4 Å². The van der Waals surface area contributed by atoms with E-state index in [9.17, 15) is 5.26 Å². The zero-order chi connectivity index (χ0) is 18.4. The zero-order valence-corrected chi connectivity index (χ0v) is 14.6. The molecule has 1 N–H and O–H groups in total.